The van der Waals surface area contributed by atoms with Crippen LogP contribution < -0.4 is 5.56 Å². The molecule has 3 nitrogen and oxygen atoms in total. The summed E-state index contributed by atoms with van der Waals surface area (Å²) in [6.07, 6.45) is -4.50. The Morgan fingerprint density at radius 2 is 1.72 bits per heavy atom. The highest BCUT2D eigenvalue weighted by Gasteiger charge is 2.30. The minimum Gasteiger partial charge on any atom is -0.494 e. The third-order valence-corrected chi connectivity index (χ3v) is 2.37. The van der Waals surface area contributed by atoms with Crippen molar-refractivity contribution in [3.05, 3.63) is 58.4 Å². The summed E-state index contributed by atoms with van der Waals surface area (Å²) in [5.74, 6) is -0.415. The van der Waals surface area contributed by atoms with Gasteiger partial charge in [-0.2, -0.15) is 13.2 Å². The van der Waals surface area contributed by atoms with E-state index in [1.807, 2.05) is 0 Å². The number of alkyl halides is 3. The summed E-state index contributed by atoms with van der Waals surface area (Å²) >= 11 is 0. The Morgan fingerprint density at radius 1 is 1.06 bits per heavy atom. The van der Waals surface area contributed by atoms with Gasteiger partial charge in [-0.3, -0.25) is 4.79 Å². The van der Waals surface area contributed by atoms with Crippen LogP contribution in [-0.4, -0.2) is 9.67 Å². The van der Waals surface area contributed by atoms with Crippen LogP contribution in [0.5, 0.6) is 5.88 Å². The minimum absolute atomic E-state index is 0.0343. The van der Waals surface area contributed by atoms with Gasteiger partial charge in [0.1, 0.15) is 0 Å². The van der Waals surface area contributed by atoms with E-state index in [1.165, 1.54) is 24.3 Å². The molecular weight excluding hydrogens is 247 g/mol. The monoisotopic (exact) mass is 255 g/mol. The average molecular weight is 255 g/mol. The number of hydrogen-bond acceptors (Lipinski definition) is 2. The highest BCUT2D eigenvalue weighted by molar-refractivity contribution is 5.40. The van der Waals surface area contributed by atoms with Gasteiger partial charge < -0.3 is 5.11 Å². The van der Waals surface area contributed by atoms with Crippen molar-refractivity contribution in [2.24, 2.45) is 0 Å². The zero-order valence-electron chi connectivity index (χ0n) is 8.98. The lowest BCUT2D eigenvalue weighted by atomic mass is 10.2. The molecule has 0 fully saturated rings. The highest BCUT2D eigenvalue weighted by Crippen LogP contribution is 2.30. The number of benzene rings is 1. The van der Waals surface area contributed by atoms with E-state index in [1.54, 1.807) is 0 Å². The summed E-state index contributed by atoms with van der Waals surface area (Å²) in [6.45, 7) is 0. The Hall–Kier alpha value is -2.24. The lowest BCUT2D eigenvalue weighted by Crippen LogP contribution is -2.17. The standard InChI is InChI=1S/C12H8F3NO2/c13-12(14,15)8-3-1-4-9(7-8)16-10(17)5-2-6-11(16)18/h1-7,17H. The Balaban J connectivity index is 2.63. The van der Waals surface area contributed by atoms with Crippen LogP contribution in [-0.2, 0) is 6.18 Å². The predicted octanol–water partition coefficient (Wildman–Crippen LogP) is 2.56. The van der Waals surface area contributed by atoms with E-state index >= 15 is 0 Å². The second-order valence-electron chi connectivity index (χ2n) is 3.61. The number of aromatic hydroxyl groups is 1. The fourth-order valence-electron chi connectivity index (χ4n) is 1.56. The molecule has 0 atom stereocenters. The summed E-state index contributed by atoms with van der Waals surface area (Å²) in [6, 6.07) is 7.90. The topological polar surface area (TPSA) is 42.2 Å². The molecule has 0 radical (unpaired) electrons. The first kappa shape index (κ1) is 12.2. The van der Waals surface area contributed by atoms with E-state index in [0.717, 1.165) is 22.8 Å². The molecule has 1 aromatic carbocycles. The van der Waals surface area contributed by atoms with Gasteiger partial charge >= 0.3 is 6.18 Å². The van der Waals surface area contributed by atoms with E-state index in [0.29, 0.717) is 0 Å². The molecule has 0 amide bonds. The van der Waals surface area contributed by atoms with E-state index in [4.69, 9.17) is 0 Å². The zero-order valence-corrected chi connectivity index (χ0v) is 8.98. The van der Waals surface area contributed by atoms with Crippen molar-refractivity contribution in [1.29, 1.82) is 0 Å². The smallest absolute Gasteiger partial charge is 0.416 e. The lowest BCUT2D eigenvalue weighted by Gasteiger charge is -2.11. The Kier molecular flexibility index (Phi) is 2.86. The van der Waals surface area contributed by atoms with E-state index in [9.17, 15) is 23.1 Å². The summed E-state index contributed by atoms with van der Waals surface area (Å²) in [5.41, 5.74) is -1.52. The molecule has 94 valence electrons. The second kappa shape index (κ2) is 4.21. The number of aromatic nitrogens is 1. The third-order valence-electron chi connectivity index (χ3n) is 2.37. The SMILES string of the molecule is O=c1cccc(O)n1-c1cccc(C(F)(F)F)c1. The molecule has 0 unspecified atom stereocenters. The van der Waals surface area contributed by atoms with Crippen LogP contribution in [0.15, 0.2) is 47.3 Å². The molecule has 1 heterocycles. The van der Waals surface area contributed by atoms with Gasteiger partial charge in [0, 0.05) is 6.07 Å². The van der Waals surface area contributed by atoms with Crippen molar-refractivity contribution >= 4 is 0 Å². The maximum absolute atomic E-state index is 12.5. The van der Waals surface area contributed by atoms with Crippen molar-refractivity contribution in [3.8, 4) is 11.6 Å². The molecule has 0 aliphatic carbocycles. The van der Waals surface area contributed by atoms with Crippen LogP contribution in [0.2, 0.25) is 0 Å². The van der Waals surface area contributed by atoms with Crippen molar-refractivity contribution in [1.82, 2.24) is 4.57 Å². The van der Waals surface area contributed by atoms with Gasteiger partial charge in [0.05, 0.1) is 11.3 Å². The van der Waals surface area contributed by atoms with E-state index in [-0.39, 0.29) is 5.69 Å². The van der Waals surface area contributed by atoms with Gasteiger partial charge in [0.25, 0.3) is 5.56 Å². The maximum atomic E-state index is 12.5. The molecule has 0 aliphatic rings. The summed E-state index contributed by atoms with van der Waals surface area (Å²) < 4.78 is 38.4. The van der Waals surface area contributed by atoms with Gasteiger partial charge in [0.2, 0.25) is 0 Å². The predicted molar refractivity (Wildman–Crippen MR) is 58.7 cm³/mol. The highest BCUT2D eigenvalue weighted by atomic mass is 19.4. The van der Waals surface area contributed by atoms with Crippen LogP contribution in [0.3, 0.4) is 0 Å². The summed E-state index contributed by atoms with van der Waals surface area (Å²) in [5, 5.41) is 9.52. The van der Waals surface area contributed by atoms with Crippen molar-refractivity contribution < 1.29 is 18.3 Å². The van der Waals surface area contributed by atoms with Crippen LogP contribution in [0.1, 0.15) is 5.56 Å². The molecule has 1 aromatic heterocycles. The van der Waals surface area contributed by atoms with Gasteiger partial charge in [-0.05, 0) is 24.3 Å². The molecule has 0 bridgehead atoms. The van der Waals surface area contributed by atoms with Crippen LogP contribution in [0, 0.1) is 0 Å². The minimum atomic E-state index is -4.50. The number of rotatable bonds is 1. The molecule has 2 aromatic rings. The van der Waals surface area contributed by atoms with Crippen molar-refractivity contribution in [2.45, 2.75) is 6.18 Å². The number of halogens is 3. The van der Waals surface area contributed by atoms with Crippen molar-refractivity contribution in [2.75, 3.05) is 0 Å². The van der Waals surface area contributed by atoms with Crippen LogP contribution in [0.4, 0.5) is 13.2 Å². The molecule has 0 aliphatic heterocycles. The van der Waals surface area contributed by atoms with Gasteiger partial charge in [-0.15, -0.1) is 0 Å². The first-order valence-electron chi connectivity index (χ1n) is 4.98. The number of hydrogen-bond donors (Lipinski definition) is 1. The fraction of sp³-hybridized carbons (Fsp3) is 0.0833. The third kappa shape index (κ3) is 2.22. The Labute approximate surface area is 99.7 Å². The molecule has 0 spiro atoms. The van der Waals surface area contributed by atoms with Crippen molar-refractivity contribution in [3.63, 3.8) is 0 Å². The summed E-state index contributed by atoms with van der Waals surface area (Å²) in [7, 11) is 0. The van der Waals surface area contributed by atoms with E-state index in [2.05, 4.69) is 0 Å². The second-order valence-corrected chi connectivity index (χ2v) is 3.61. The molecule has 2 rings (SSSR count). The molecule has 0 saturated heterocycles. The normalized spacial score (nSPS) is 11.5. The first-order chi connectivity index (χ1) is 8.39. The van der Waals surface area contributed by atoms with Gasteiger partial charge in [0.15, 0.2) is 5.88 Å². The number of nitrogens with zero attached hydrogens (tertiary/aromatic N) is 1. The van der Waals surface area contributed by atoms with Gasteiger partial charge in [-0.1, -0.05) is 12.1 Å². The van der Waals surface area contributed by atoms with Crippen LogP contribution >= 0.6 is 0 Å². The molecular formula is C12H8F3NO2. The van der Waals surface area contributed by atoms with E-state index < -0.39 is 23.2 Å². The fourth-order valence-corrected chi connectivity index (χ4v) is 1.56. The number of pyridine rings is 1. The van der Waals surface area contributed by atoms with Gasteiger partial charge in [-0.25, -0.2) is 4.57 Å². The zero-order chi connectivity index (χ0) is 13.3. The first-order valence-corrected chi connectivity index (χ1v) is 4.98. The molecule has 1 N–H and O–H groups in total. The largest absolute Gasteiger partial charge is 0.494 e. The Morgan fingerprint density at radius 3 is 2.33 bits per heavy atom. The maximum Gasteiger partial charge on any atom is 0.416 e. The van der Waals surface area contributed by atoms with Crippen LogP contribution in [0.25, 0.3) is 5.69 Å². The average Bonchev–Trinajstić information content (AvgIpc) is 2.28. The Bertz CT molecular complexity index is 632. The quantitative estimate of drug-likeness (QED) is 0.850. The molecule has 6 heteroatoms. The lowest BCUT2D eigenvalue weighted by molar-refractivity contribution is -0.137. The molecule has 0 saturated carbocycles. The summed E-state index contributed by atoms with van der Waals surface area (Å²) in [4.78, 5) is 11.5. The molecule has 18 heavy (non-hydrogen) atoms.